The molecule has 0 amide bonds. The summed E-state index contributed by atoms with van der Waals surface area (Å²) in [5.74, 6) is 0.258. The number of rotatable bonds is 6. The van der Waals surface area contributed by atoms with E-state index >= 15 is 0 Å². The fourth-order valence-electron chi connectivity index (χ4n) is 1.31. The predicted octanol–water partition coefficient (Wildman–Crippen LogP) is 0.682. The number of sulfone groups is 1. The van der Waals surface area contributed by atoms with Crippen molar-refractivity contribution >= 4 is 9.84 Å². The first-order chi connectivity index (χ1) is 6.73. The third-order valence-corrected chi connectivity index (χ3v) is 4.04. The third kappa shape index (κ3) is 6.12. The van der Waals surface area contributed by atoms with Crippen molar-refractivity contribution in [3.8, 4) is 0 Å². The average Bonchev–Trinajstić information content (AvgIpc) is 2.09. The van der Waals surface area contributed by atoms with Gasteiger partial charge in [-0.1, -0.05) is 20.8 Å². The van der Waals surface area contributed by atoms with Gasteiger partial charge in [0.15, 0.2) is 9.84 Å². The predicted molar refractivity (Wildman–Crippen MR) is 62.8 cm³/mol. The van der Waals surface area contributed by atoms with Gasteiger partial charge in [0.1, 0.15) is 0 Å². The van der Waals surface area contributed by atoms with Crippen LogP contribution in [-0.4, -0.2) is 46.7 Å². The molecule has 0 aromatic heterocycles. The minimum atomic E-state index is -3.03. The lowest BCUT2D eigenvalue weighted by atomic mass is 9.88. The molecule has 0 aliphatic carbocycles. The Morgan fingerprint density at radius 3 is 2.20 bits per heavy atom. The maximum Gasteiger partial charge on any atom is 0.154 e. The zero-order valence-corrected chi connectivity index (χ0v) is 11.1. The quantitative estimate of drug-likeness (QED) is 0.738. The lowest BCUT2D eigenvalue weighted by Gasteiger charge is -2.30. The molecule has 15 heavy (non-hydrogen) atoms. The van der Waals surface area contributed by atoms with E-state index < -0.39 is 9.84 Å². The third-order valence-electron chi connectivity index (χ3n) is 2.41. The van der Waals surface area contributed by atoms with Crippen LogP contribution >= 0.6 is 0 Å². The standard InChI is InChI=1S/C10H23NO3S/c1-10(2,3)9(11-4)8-15(12,13)7-6-14-5/h9,11H,6-8H2,1-5H3. The molecule has 0 aliphatic rings. The SMILES string of the molecule is CNC(CS(=O)(=O)CCOC)C(C)(C)C. The zero-order valence-electron chi connectivity index (χ0n) is 10.3. The van der Waals surface area contributed by atoms with Crippen molar-refractivity contribution in [1.29, 1.82) is 0 Å². The van der Waals surface area contributed by atoms with E-state index in [-0.39, 0.29) is 29.6 Å². The highest BCUT2D eigenvalue weighted by atomic mass is 32.2. The van der Waals surface area contributed by atoms with Crippen LogP contribution in [0.3, 0.4) is 0 Å². The molecule has 4 nitrogen and oxygen atoms in total. The van der Waals surface area contributed by atoms with Gasteiger partial charge in [0.05, 0.1) is 18.1 Å². The van der Waals surface area contributed by atoms with Gasteiger partial charge in [-0.25, -0.2) is 8.42 Å². The Balaban J connectivity index is 4.42. The highest BCUT2D eigenvalue weighted by molar-refractivity contribution is 7.91. The van der Waals surface area contributed by atoms with E-state index in [2.05, 4.69) is 5.32 Å². The highest BCUT2D eigenvalue weighted by Gasteiger charge is 2.27. The Bertz CT molecular complexity index is 267. The molecule has 0 saturated carbocycles. The first-order valence-corrected chi connectivity index (χ1v) is 6.91. The van der Waals surface area contributed by atoms with Crippen molar-refractivity contribution in [2.24, 2.45) is 5.41 Å². The Morgan fingerprint density at radius 1 is 1.33 bits per heavy atom. The molecule has 92 valence electrons. The molecular formula is C10H23NO3S. The molecule has 0 aromatic carbocycles. The van der Waals surface area contributed by atoms with Gasteiger partial charge in [0.2, 0.25) is 0 Å². The molecule has 0 aliphatic heterocycles. The van der Waals surface area contributed by atoms with E-state index in [1.807, 2.05) is 20.8 Å². The molecule has 1 N–H and O–H groups in total. The van der Waals surface area contributed by atoms with Gasteiger partial charge >= 0.3 is 0 Å². The first-order valence-electron chi connectivity index (χ1n) is 5.09. The van der Waals surface area contributed by atoms with Crippen LogP contribution in [-0.2, 0) is 14.6 Å². The Morgan fingerprint density at radius 2 is 1.87 bits per heavy atom. The van der Waals surface area contributed by atoms with Gasteiger partial charge in [0, 0.05) is 13.2 Å². The van der Waals surface area contributed by atoms with E-state index in [0.717, 1.165) is 0 Å². The van der Waals surface area contributed by atoms with Crippen LogP contribution in [0.15, 0.2) is 0 Å². The van der Waals surface area contributed by atoms with E-state index in [1.165, 1.54) is 7.11 Å². The van der Waals surface area contributed by atoms with Gasteiger partial charge in [0.25, 0.3) is 0 Å². The van der Waals surface area contributed by atoms with Crippen LogP contribution in [0.5, 0.6) is 0 Å². The summed E-state index contributed by atoms with van der Waals surface area (Å²) in [6, 6.07) is -0.0284. The monoisotopic (exact) mass is 237 g/mol. The van der Waals surface area contributed by atoms with Gasteiger partial charge < -0.3 is 10.1 Å². The summed E-state index contributed by atoms with van der Waals surface area (Å²) in [6.45, 7) is 6.35. The summed E-state index contributed by atoms with van der Waals surface area (Å²) in [5.41, 5.74) is -0.0606. The van der Waals surface area contributed by atoms with Gasteiger partial charge in [-0.05, 0) is 12.5 Å². The second-order valence-electron chi connectivity index (χ2n) is 4.81. The van der Waals surface area contributed by atoms with Gasteiger partial charge in [-0.2, -0.15) is 0 Å². The first kappa shape index (κ1) is 14.9. The molecule has 0 aromatic rings. The summed E-state index contributed by atoms with van der Waals surface area (Å²) >= 11 is 0. The van der Waals surface area contributed by atoms with E-state index in [9.17, 15) is 8.42 Å². The summed E-state index contributed by atoms with van der Waals surface area (Å²) in [7, 11) is 0.276. The van der Waals surface area contributed by atoms with Gasteiger partial charge in [-0.3, -0.25) is 0 Å². The molecule has 0 spiro atoms. The van der Waals surface area contributed by atoms with Crippen molar-refractivity contribution in [2.75, 3.05) is 32.3 Å². The van der Waals surface area contributed by atoms with E-state index in [4.69, 9.17) is 4.74 Å². The molecular weight excluding hydrogens is 214 g/mol. The number of hydrogen-bond donors (Lipinski definition) is 1. The van der Waals surface area contributed by atoms with Gasteiger partial charge in [-0.15, -0.1) is 0 Å². The van der Waals surface area contributed by atoms with Crippen LogP contribution in [0.4, 0.5) is 0 Å². The Labute approximate surface area is 93.3 Å². The Kier molecular flexibility index (Phi) is 5.77. The summed E-state index contributed by atoms with van der Waals surface area (Å²) < 4.78 is 28.1. The highest BCUT2D eigenvalue weighted by Crippen LogP contribution is 2.20. The van der Waals surface area contributed by atoms with Crippen molar-refractivity contribution in [1.82, 2.24) is 5.32 Å². The Hall–Kier alpha value is -0.130. The lowest BCUT2D eigenvalue weighted by Crippen LogP contribution is -2.44. The van der Waals surface area contributed by atoms with Crippen LogP contribution in [0.1, 0.15) is 20.8 Å². The summed E-state index contributed by atoms with van der Waals surface area (Å²) in [4.78, 5) is 0. The van der Waals surface area contributed by atoms with E-state index in [1.54, 1.807) is 7.05 Å². The van der Waals surface area contributed by atoms with Crippen LogP contribution in [0.25, 0.3) is 0 Å². The molecule has 0 rings (SSSR count). The topological polar surface area (TPSA) is 55.4 Å². The van der Waals surface area contributed by atoms with Crippen LogP contribution in [0, 0.1) is 5.41 Å². The second-order valence-corrected chi connectivity index (χ2v) is 7.04. The van der Waals surface area contributed by atoms with Crippen LogP contribution in [0.2, 0.25) is 0 Å². The molecule has 0 heterocycles. The maximum atomic E-state index is 11.7. The molecule has 0 saturated heterocycles. The zero-order chi connectivity index (χ0) is 12.1. The smallest absolute Gasteiger partial charge is 0.154 e. The van der Waals surface area contributed by atoms with Crippen molar-refractivity contribution < 1.29 is 13.2 Å². The average molecular weight is 237 g/mol. The minimum Gasteiger partial charge on any atom is -0.384 e. The molecule has 0 bridgehead atoms. The number of hydrogen-bond acceptors (Lipinski definition) is 4. The molecule has 5 heteroatoms. The molecule has 1 atom stereocenters. The van der Waals surface area contributed by atoms with Crippen molar-refractivity contribution in [2.45, 2.75) is 26.8 Å². The largest absolute Gasteiger partial charge is 0.384 e. The van der Waals surface area contributed by atoms with Crippen molar-refractivity contribution in [3.63, 3.8) is 0 Å². The van der Waals surface area contributed by atoms with E-state index in [0.29, 0.717) is 0 Å². The number of ether oxygens (including phenoxy) is 1. The minimum absolute atomic E-state index is 0.0284. The molecule has 1 unspecified atom stereocenters. The lowest BCUT2D eigenvalue weighted by molar-refractivity contribution is 0.216. The fourth-order valence-corrected chi connectivity index (χ4v) is 3.08. The maximum absolute atomic E-state index is 11.7. The molecule has 0 fully saturated rings. The number of nitrogens with one attached hydrogen (secondary N) is 1. The number of methoxy groups -OCH3 is 1. The normalized spacial score (nSPS) is 15.3. The molecule has 0 radical (unpaired) electrons. The summed E-state index contributed by atoms with van der Waals surface area (Å²) in [6.07, 6.45) is 0. The fraction of sp³-hybridized carbons (Fsp3) is 1.00. The van der Waals surface area contributed by atoms with Crippen molar-refractivity contribution in [3.05, 3.63) is 0 Å². The van der Waals surface area contributed by atoms with Crippen LogP contribution < -0.4 is 5.32 Å². The second kappa shape index (κ2) is 5.82. The summed E-state index contributed by atoms with van der Waals surface area (Å²) in [5, 5.41) is 3.05.